The van der Waals surface area contributed by atoms with Gasteiger partial charge in [0.2, 0.25) is 10.0 Å². The van der Waals surface area contributed by atoms with E-state index in [1.807, 2.05) is 6.07 Å². The molecular formula is C20H19BrN4O4S. The van der Waals surface area contributed by atoms with E-state index in [1.54, 1.807) is 30.3 Å². The maximum atomic E-state index is 13.1. The molecule has 0 bridgehead atoms. The zero-order valence-corrected chi connectivity index (χ0v) is 18.5. The zero-order valence-electron chi connectivity index (χ0n) is 16.1. The largest absolute Gasteiger partial charge is 0.497 e. The van der Waals surface area contributed by atoms with Gasteiger partial charge in [-0.3, -0.25) is 9.89 Å². The number of H-pyrrole nitrogens is 1. The number of fused-ring (bicyclic) bond motifs is 1. The molecule has 30 heavy (non-hydrogen) atoms. The number of carbonyl (C=O) groups is 1. The second-order valence-electron chi connectivity index (χ2n) is 6.75. The molecule has 2 N–H and O–H groups in total. The summed E-state index contributed by atoms with van der Waals surface area (Å²) in [5, 5.41) is 9.88. The molecule has 1 aromatic heterocycles. The molecule has 3 aromatic rings. The second-order valence-corrected chi connectivity index (χ2v) is 9.61. The lowest BCUT2D eigenvalue weighted by Crippen LogP contribution is -2.36. The third-order valence-electron chi connectivity index (χ3n) is 4.91. The van der Waals surface area contributed by atoms with Gasteiger partial charge in [-0.2, -0.15) is 9.40 Å². The number of nitrogens with zero attached hydrogens (tertiary/aromatic N) is 2. The summed E-state index contributed by atoms with van der Waals surface area (Å²) in [7, 11) is -2.17. The highest BCUT2D eigenvalue weighted by atomic mass is 79.9. The number of sulfonamides is 1. The summed E-state index contributed by atoms with van der Waals surface area (Å²) < 4.78 is 33.4. The van der Waals surface area contributed by atoms with Crippen molar-refractivity contribution in [2.75, 3.05) is 19.0 Å². The fourth-order valence-electron chi connectivity index (χ4n) is 3.29. The highest BCUT2D eigenvalue weighted by molar-refractivity contribution is 9.10. The molecule has 2 aromatic carbocycles. The van der Waals surface area contributed by atoms with Crippen LogP contribution >= 0.6 is 15.9 Å². The van der Waals surface area contributed by atoms with Crippen LogP contribution in [0.4, 0.5) is 5.82 Å². The van der Waals surface area contributed by atoms with Gasteiger partial charge in [-0.05, 0) is 42.5 Å². The maximum absolute atomic E-state index is 13.1. The zero-order chi connectivity index (χ0) is 21.3. The van der Waals surface area contributed by atoms with Crippen molar-refractivity contribution in [2.45, 2.75) is 17.9 Å². The summed E-state index contributed by atoms with van der Waals surface area (Å²) in [4.78, 5) is 12.8. The maximum Gasteiger partial charge on any atom is 0.256 e. The summed E-state index contributed by atoms with van der Waals surface area (Å²) >= 11 is 3.35. The Labute approximate surface area is 182 Å². The topological polar surface area (TPSA) is 104 Å². The quantitative estimate of drug-likeness (QED) is 0.571. The summed E-state index contributed by atoms with van der Waals surface area (Å²) in [6.07, 6.45) is 0.452. The van der Waals surface area contributed by atoms with E-state index in [4.69, 9.17) is 4.74 Å². The highest BCUT2D eigenvalue weighted by Gasteiger charge is 2.31. The van der Waals surface area contributed by atoms with Crippen LogP contribution in [0.2, 0.25) is 0 Å². The van der Waals surface area contributed by atoms with Gasteiger partial charge < -0.3 is 10.1 Å². The van der Waals surface area contributed by atoms with Crippen LogP contribution in [0.5, 0.6) is 5.75 Å². The SMILES string of the molecule is COc1ccc(S(=O)(=O)N2CCc3n[nH]c(NC(=O)c4cccc(Br)c4)c3C2)cc1. The van der Waals surface area contributed by atoms with E-state index in [2.05, 4.69) is 31.4 Å². The molecular weight excluding hydrogens is 472 g/mol. The van der Waals surface area contributed by atoms with Gasteiger partial charge in [0.25, 0.3) is 5.91 Å². The van der Waals surface area contributed by atoms with Crippen LogP contribution in [0.25, 0.3) is 0 Å². The summed E-state index contributed by atoms with van der Waals surface area (Å²) in [6.45, 7) is 0.430. The number of nitrogens with one attached hydrogen (secondary N) is 2. The van der Waals surface area contributed by atoms with Crippen LogP contribution in [-0.4, -0.2) is 42.5 Å². The van der Waals surface area contributed by atoms with Crippen LogP contribution in [0.1, 0.15) is 21.6 Å². The number of ether oxygens (including phenoxy) is 1. The number of methoxy groups -OCH3 is 1. The third kappa shape index (κ3) is 3.98. The predicted molar refractivity (Wildman–Crippen MR) is 115 cm³/mol. The van der Waals surface area contributed by atoms with Crippen LogP contribution in [0.3, 0.4) is 0 Å². The van der Waals surface area contributed by atoms with Crippen LogP contribution in [0.15, 0.2) is 57.9 Å². The number of rotatable bonds is 5. The third-order valence-corrected chi connectivity index (χ3v) is 7.26. The van der Waals surface area contributed by atoms with Crippen LogP contribution in [0, 0.1) is 0 Å². The Balaban J connectivity index is 1.56. The Morgan fingerprint density at radius 3 is 2.70 bits per heavy atom. The summed E-state index contributed by atoms with van der Waals surface area (Å²) in [6, 6.07) is 13.3. The summed E-state index contributed by atoms with van der Waals surface area (Å²) in [5.74, 6) is 0.685. The molecule has 0 aliphatic carbocycles. The minimum Gasteiger partial charge on any atom is -0.497 e. The van der Waals surface area contributed by atoms with Gasteiger partial charge in [-0.15, -0.1) is 0 Å². The highest BCUT2D eigenvalue weighted by Crippen LogP contribution is 2.29. The fraction of sp³-hybridized carbons (Fsp3) is 0.200. The molecule has 0 fully saturated rings. The lowest BCUT2D eigenvalue weighted by Gasteiger charge is -2.26. The smallest absolute Gasteiger partial charge is 0.256 e. The number of benzene rings is 2. The number of amides is 1. The molecule has 10 heteroatoms. The van der Waals surface area contributed by atoms with E-state index in [0.29, 0.717) is 35.7 Å². The fourth-order valence-corrected chi connectivity index (χ4v) is 5.09. The Bertz CT molecular complexity index is 1190. The number of halogens is 1. The minimum absolute atomic E-state index is 0.119. The second kappa shape index (κ2) is 8.21. The van der Waals surface area contributed by atoms with E-state index in [9.17, 15) is 13.2 Å². The van der Waals surface area contributed by atoms with Crippen molar-refractivity contribution in [3.05, 3.63) is 69.8 Å². The number of aromatic nitrogens is 2. The van der Waals surface area contributed by atoms with E-state index in [0.717, 1.165) is 10.2 Å². The molecule has 8 nitrogen and oxygen atoms in total. The van der Waals surface area contributed by atoms with Crippen molar-refractivity contribution in [3.63, 3.8) is 0 Å². The molecule has 1 aliphatic heterocycles. The minimum atomic E-state index is -3.69. The summed E-state index contributed by atoms with van der Waals surface area (Å²) in [5.41, 5.74) is 1.90. The van der Waals surface area contributed by atoms with E-state index in [1.165, 1.54) is 23.5 Å². The molecule has 0 radical (unpaired) electrons. The first-order chi connectivity index (χ1) is 14.4. The number of hydrogen-bond acceptors (Lipinski definition) is 5. The first-order valence-corrected chi connectivity index (χ1v) is 11.4. The number of carbonyl (C=O) groups excluding carboxylic acids is 1. The van der Waals surface area contributed by atoms with Gasteiger partial charge in [-0.1, -0.05) is 22.0 Å². The van der Waals surface area contributed by atoms with Gasteiger partial charge in [-0.25, -0.2) is 8.42 Å². The molecule has 2 heterocycles. The van der Waals surface area contributed by atoms with E-state index in [-0.39, 0.29) is 17.3 Å². The normalized spacial score (nSPS) is 14.2. The lowest BCUT2D eigenvalue weighted by atomic mass is 10.1. The van der Waals surface area contributed by atoms with Crippen molar-refractivity contribution >= 4 is 37.7 Å². The van der Waals surface area contributed by atoms with Crippen molar-refractivity contribution in [3.8, 4) is 5.75 Å². The average molecular weight is 491 g/mol. The molecule has 0 saturated carbocycles. The standard InChI is InChI=1S/C20H19BrN4O4S/c1-29-15-5-7-16(8-6-15)30(27,28)25-10-9-18-17(12-25)19(24-23-18)22-20(26)13-3-2-4-14(21)11-13/h2-8,11H,9-10,12H2,1H3,(H2,22,23,24,26). The van der Waals surface area contributed by atoms with Gasteiger partial charge in [0, 0.05) is 35.1 Å². The average Bonchev–Trinajstić information content (AvgIpc) is 3.15. The molecule has 156 valence electrons. The van der Waals surface area contributed by atoms with Gasteiger partial charge >= 0.3 is 0 Å². The first kappa shape index (κ1) is 20.6. The first-order valence-electron chi connectivity index (χ1n) is 9.16. The van der Waals surface area contributed by atoms with Crippen LogP contribution in [-0.2, 0) is 23.0 Å². The molecule has 0 atom stereocenters. The van der Waals surface area contributed by atoms with Gasteiger partial charge in [0.05, 0.1) is 17.7 Å². The van der Waals surface area contributed by atoms with Gasteiger partial charge in [0.1, 0.15) is 11.6 Å². The Morgan fingerprint density at radius 2 is 2.00 bits per heavy atom. The predicted octanol–water partition coefficient (Wildman–Crippen LogP) is 3.18. The Hall–Kier alpha value is -2.69. The lowest BCUT2D eigenvalue weighted by molar-refractivity contribution is 0.102. The number of anilines is 1. The van der Waals surface area contributed by atoms with Crippen molar-refractivity contribution in [2.24, 2.45) is 0 Å². The monoisotopic (exact) mass is 490 g/mol. The van der Waals surface area contributed by atoms with Crippen LogP contribution < -0.4 is 10.1 Å². The molecule has 0 saturated heterocycles. The molecule has 0 spiro atoms. The van der Waals surface area contributed by atoms with E-state index >= 15 is 0 Å². The number of hydrogen-bond donors (Lipinski definition) is 2. The van der Waals surface area contributed by atoms with Crippen molar-refractivity contribution in [1.29, 1.82) is 0 Å². The van der Waals surface area contributed by atoms with Crippen molar-refractivity contribution in [1.82, 2.24) is 14.5 Å². The molecule has 1 amide bonds. The molecule has 4 rings (SSSR count). The number of aromatic amines is 1. The van der Waals surface area contributed by atoms with Gasteiger partial charge in [0.15, 0.2) is 0 Å². The molecule has 1 aliphatic rings. The molecule has 0 unspecified atom stereocenters. The Morgan fingerprint density at radius 1 is 1.23 bits per heavy atom. The van der Waals surface area contributed by atoms with Crippen molar-refractivity contribution < 1.29 is 17.9 Å². The van der Waals surface area contributed by atoms with E-state index < -0.39 is 10.0 Å². The Kier molecular flexibility index (Phi) is 5.63.